The molecular formula is C16H21FN4O2S. The predicted molar refractivity (Wildman–Crippen MR) is 88.2 cm³/mol. The minimum atomic E-state index is -3.71. The second kappa shape index (κ2) is 7.00. The Morgan fingerprint density at radius 2 is 2.21 bits per heavy atom. The Hall–Kier alpha value is -1.77. The second-order valence-electron chi connectivity index (χ2n) is 6.13. The Morgan fingerprint density at radius 3 is 2.92 bits per heavy atom. The minimum Gasteiger partial charge on any atom is -0.296 e. The fourth-order valence-corrected chi connectivity index (χ4v) is 4.29. The lowest BCUT2D eigenvalue weighted by Gasteiger charge is -2.32. The molecule has 0 amide bonds. The van der Waals surface area contributed by atoms with E-state index in [0.717, 1.165) is 31.1 Å². The van der Waals surface area contributed by atoms with E-state index in [1.54, 1.807) is 4.68 Å². The van der Waals surface area contributed by atoms with Crippen LogP contribution in [0.3, 0.4) is 0 Å². The second-order valence-corrected chi connectivity index (χ2v) is 7.85. The number of hydrogen-bond donors (Lipinski definition) is 1. The van der Waals surface area contributed by atoms with Gasteiger partial charge in [-0.2, -0.15) is 5.10 Å². The Morgan fingerprint density at radius 1 is 1.38 bits per heavy atom. The first-order valence-electron chi connectivity index (χ1n) is 7.91. The number of likely N-dealkylation sites (tertiary alicyclic amines) is 1. The lowest BCUT2D eigenvalue weighted by Crippen LogP contribution is -2.47. The normalized spacial score (nSPS) is 19.5. The number of aromatic nitrogens is 2. The van der Waals surface area contributed by atoms with Crippen LogP contribution in [0.2, 0.25) is 0 Å². The quantitative estimate of drug-likeness (QED) is 0.886. The summed E-state index contributed by atoms with van der Waals surface area (Å²) in [6.45, 7) is 2.22. The highest BCUT2D eigenvalue weighted by Crippen LogP contribution is 2.16. The number of nitrogens with zero attached hydrogens (tertiary/aromatic N) is 3. The molecule has 1 saturated heterocycles. The topological polar surface area (TPSA) is 67.2 Å². The molecule has 1 N–H and O–H groups in total. The average molecular weight is 352 g/mol. The van der Waals surface area contributed by atoms with Gasteiger partial charge in [-0.05, 0) is 43.7 Å². The molecule has 0 aliphatic carbocycles. The first-order chi connectivity index (χ1) is 11.4. The highest BCUT2D eigenvalue weighted by atomic mass is 32.2. The van der Waals surface area contributed by atoms with Crippen molar-refractivity contribution >= 4 is 10.0 Å². The number of rotatable bonds is 5. The third kappa shape index (κ3) is 4.19. The van der Waals surface area contributed by atoms with Crippen LogP contribution >= 0.6 is 0 Å². The maximum absolute atomic E-state index is 13.3. The largest absolute Gasteiger partial charge is 0.296 e. The van der Waals surface area contributed by atoms with E-state index in [9.17, 15) is 12.8 Å². The molecule has 130 valence electrons. The predicted octanol–water partition coefficient (Wildman–Crippen LogP) is 1.50. The van der Waals surface area contributed by atoms with Crippen LogP contribution in [-0.2, 0) is 23.6 Å². The monoisotopic (exact) mass is 352 g/mol. The number of halogens is 1. The maximum atomic E-state index is 13.3. The van der Waals surface area contributed by atoms with Gasteiger partial charge in [0.1, 0.15) is 5.82 Å². The molecule has 8 heteroatoms. The summed E-state index contributed by atoms with van der Waals surface area (Å²) < 4.78 is 42.5. The van der Waals surface area contributed by atoms with E-state index in [-0.39, 0.29) is 10.9 Å². The summed E-state index contributed by atoms with van der Waals surface area (Å²) >= 11 is 0. The highest BCUT2D eigenvalue weighted by Gasteiger charge is 2.25. The zero-order chi connectivity index (χ0) is 17.2. The Balaban J connectivity index is 1.64. The van der Waals surface area contributed by atoms with Crippen LogP contribution in [0.25, 0.3) is 0 Å². The lowest BCUT2D eigenvalue weighted by molar-refractivity contribution is 0.192. The third-order valence-corrected chi connectivity index (χ3v) is 5.61. The zero-order valence-electron chi connectivity index (χ0n) is 13.5. The molecule has 1 aliphatic rings. The SMILES string of the molecule is Cn1ccc(CN2CCCC(NS(=O)(=O)c3cccc(F)c3)C2)n1. The first kappa shape index (κ1) is 17.1. The summed E-state index contributed by atoms with van der Waals surface area (Å²) in [6.07, 6.45) is 3.57. The number of hydrogen-bond acceptors (Lipinski definition) is 4. The fraction of sp³-hybridized carbons (Fsp3) is 0.438. The Bertz CT molecular complexity index is 806. The summed E-state index contributed by atoms with van der Waals surface area (Å²) in [5.41, 5.74) is 0.964. The molecule has 24 heavy (non-hydrogen) atoms. The number of piperidine rings is 1. The molecule has 1 aromatic heterocycles. The number of nitrogens with one attached hydrogen (secondary N) is 1. The van der Waals surface area contributed by atoms with E-state index in [4.69, 9.17) is 0 Å². The van der Waals surface area contributed by atoms with Gasteiger partial charge in [-0.15, -0.1) is 0 Å². The van der Waals surface area contributed by atoms with Gasteiger partial charge in [0.2, 0.25) is 10.0 Å². The van der Waals surface area contributed by atoms with E-state index >= 15 is 0 Å². The van der Waals surface area contributed by atoms with Crippen molar-refractivity contribution in [3.63, 3.8) is 0 Å². The zero-order valence-corrected chi connectivity index (χ0v) is 14.3. The molecule has 0 bridgehead atoms. The van der Waals surface area contributed by atoms with Crippen molar-refractivity contribution in [2.24, 2.45) is 7.05 Å². The molecule has 0 radical (unpaired) electrons. The fourth-order valence-electron chi connectivity index (χ4n) is 2.99. The van der Waals surface area contributed by atoms with E-state index in [1.165, 1.54) is 18.2 Å². The van der Waals surface area contributed by atoms with Crippen LogP contribution < -0.4 is 4.72 Å². The van der Waals surface area contributed by atoms with Crippen LogP contribution in [0.1, 0.15) is 18.5 Å². The van der Waals surface area contributed by atoms with Crippen molar-refractivity contribution in [1.29, 1.82) is 0 Å². The van der Waals surface area contributed by atoms with Gasteiger partial charge in [0.25, 0.3) is 0 Å². The van der Waals surface area contributed by atoms with Crippen molar-refractivity contribution < 1.29 is 12.8 Å². The molecule has 1 aromatic carbocycles. The van der Waals surface area contributed by atoms with Gasteiger partial charge in [-0.1, -0.05) is 6.07 Å². The maximum Gasteiger partial charge on any atom is 0.240 e. The molecule has 2 heterocycles. The van der Waals surface area contributed by atoms with Crippen molar-refractivity contribution in [3.05, 3.63) is 48.0 Å². The summed E-state index contributed by atoms with van der Waals surface area (Å²) in [4.78, 5) is 2.15. The van der Waals surface area contributed by atoms with Gasteiger partial charge < -0.3 is 0 Å². The van der Waals surface area contributed by atoms with Crippen molar-refractivity contribution in [1.82, 2.24) is 19.4 Å². The molecule has 1 aliphatic heterocycles. The molecule has 0 spiro atoms. The molecule has 2 aromatic rings. The van der Waals surface area contributed by atoms with Crippen molar-refractivity contribution in [3.8, 4) is 0 Å². The Labute approximate surface area is 141 Å². The number of benzene rings is 1. The summed E-state index contributed by atoms with van der Waals surface area (Å²) in [6, 6.07) is 6.85. The molecule has 0 saturated carbocycles. The molecule has 1 unspecified atom stereocenters. The van der Waals surface area contributed by atoms with E-state index in [2.05, 4.69) is 14.7 Å². The standard InChI is InChI=1S/C16H21FN4O2S/c1-20-9-7-14(18-20)11-21-8-3-5-15(12-21)19-24(22,23)16-6-2-4-13(17)10-16/h2,4,6-7,9-10,15,19H,3,5,8,11-12H2,1H3. The molecular weight excluding hydrogens is 331 g/mol. The summed E-state index contributed by atoms with van der Waals surface area (Å²) in [7, 11) is -1.84. The van der Waals surface area contributed by atoms with E-state index in [0.29, 0.717) is 13.1 Å². The molecule has 6 nitrogen and oxygen atoms in total. The van der Waals surface area contributed by atoms with E-state index < -0.39 is 15.8 Å². The number of aryl methyl sites for hydroxylation is 1. The smallest absolute Gasteiger partial charge is 0.240 e. The minimum absolute atomic E-state index is 0.0376. The van der Waals surface area contributed by atoms with Crippen LogP contribution in [0.5, 0.6) is 0 Å². The van der Waals surface area contributed by atoms with Crippen LogP contribution in [0, 0.1) is 5.82 Å². The van der Waals surface area contributed by atoms with Gasteiger partial charge in [0, 0.05) is 32.4 Å². The van der Waals surface area contributed by atoms with Gasteiger partial charge in [0.05, 0.1) is 10.6 Å². The first-order valence-corrected chi connectivity index (χ1v) is 9.39. The average Bonchev–Trinajstić information content (AvgIpc) is 2.92. The van der Waals surface area contributed by atoms with Crippen LogP contribution in [-0.4, -0.2) is 42.2 Å². The van der Waals surface area contributed by atoms with Crippen LogP contribution in [0.15, 0.2) is 41.4 Å². The Kier molecular flexibility index (Phi) is 4.98. The highest BCUT2D eigenvalue weighted by molar-refractivity contribution is 7.89. The lowest BCUT2D eigenvalue weighted by atomic mass is 10.1. The third-order valence-electron chi connectivity index (χ3n) is 4.09. The number of sulfonamides is 1. The van der Waals surface area contributed by atoms with Gasteiger partial charge in [-0.3, -0.25) is 9.58 Å². The van der Waals surface area contributed by atoms with Gasteiger partial charge in [-0.25, -0.2) is 17.5 Å². The van der Waals surface area contributed by atoms with E-state index in [1.807, 2.05) is 19.3 Å². The van der Waals surface area contributed by atoms with Crippen LogP contribution in [0.4, 0.5) is 4.39 Å². The summed E-state index contributed by atoms with van der Waals surface area (Å²) in [5.74, 6) is -0.557. The van der Waals surface area contributed by atoms with Crippen molar-refractivity contribution in [2.75, 3.05) is 13.1 Å². The van der Waals surface area contributed by atoms with Crippen molar-refractivity contribution in [2.45, 2.75) is 30.3 Å². The van der Waals surface area contributed by atoms with Gasteiger partial charge in [0.15, 0.2) is 0 Å². The summed E-state index contributed by atoms with van der Waals surface area (Å²) in [5, 5.41) is 4.36. The molecule has 3 rings (SSSR count). The van der Waals surface area contributed by atoms with Gasteiger partial charge >= 0.3 is 0 Å². The molecule has 1 atom stereocenters. The molecule has 1 fully saturated rings.